The fourth-order valence-corrected chi connectivity index (χ4v) is 2.74. The maximum absolute atomic E-state index is 11.9. The third-order valence-electron chi connectivity index (χ3n) is 3.82. The lowest BCUT2D eigenvalue weighted by molar-refractivity contribution is -0.0278. The van der Waals surface area contributed by atoms with Crippen LogP contribution in [-0.4, -0.2) is 87.8 Å². The maximum atomic E-state index is 11.9. The molecule has 160 valence electrons. The molecule has 1 atom stereocenters. The van der Waals surface area contributed by atoms with Crippen molar-refractivity contribution in [1.82, 2.24) is 25.1 Å². The van der Waals surface area contributed by atoms with Crippen molar-refractivity contribution in [2.75, 3.05) is 46.4 Å². The van der Waals surface area contributed by atoms with Gasteiger partial charge >= 0.3 is 6.09 Å². The summed E-state index contributed by atoms with van der Waals surface area (Å²) in [7, 11) is 0. The van der Waals surface area contributed by atoms with Crippen molar-refractivity contribution in [2.45, 2.75) is 12.6 Å². The Morgan fingerprint density at radius 3 is 2.45 bits per heavy atom. The molecule has 1 amide bonds. The molecular weight excluding hydrogens is 406 g/mol. The van der Waals surface area contributed by atoms with Crippen LogP contribution in [0.25, 0.3) is 0 Å². The molecule has 2 N–H and O–H groups in total. The van der Waals surface area contributed by atoms with Gasteiger partial charge in [-0.15, -0.1) is 10.2 Å². The Bertz CT molecular complexity index is 720. The average molecular weight is 430 g/mol. The molecule has 0 spiro atoms. The van der Waals surface area contributed by atoms with Gasteiger partial charge < -0.3 is 24.4 Å². The topological polar surface area (TPSA) is 132 Å². The molecule has 1 heterocycles. The maximum Gasteiger partial charge on any atom is 0.409 e. The van der Waals surface area contributed by atoms with E-state index >= 15 is 0 Å². The lowest BCUT2D eigenvalue weighted by Gasteiger charge is -2.29. The number of rotatable bonds is 14. The second kappa shape index (κ2) is 13.0. The van der Waals surface area contributed by atoms with E-state index in [1.54, 1.807) is 24.3 Å². The van der Waals surface area contributed by atoms with Gasteiger partial charge in [-0.05, 0) is 16.8 Å². The number of hydrogen-bond donors (Lipinski definition) is 2. The van der Waals surface area contributed by atoms with Gasteiger partial charge in [0.25, 0.3) is 0 Å². The summed E-state index contributed by atoms with van der Waals surface area (Å²) in [6.45, 7) is 1.34. The van der Waals surface area contributed by atoms with Crippen molar-refractivity contribution in [3.05, 3.63) is 41.2 Å². The van der Waals surface area contributed by atoms with Crippen molar-refractivity contribution in [3.8, 4) is 0 Å². The molecule has 1 aromatic carbocycles. The second-order valence-corrected chi connectivity index (χ2v) is 6.17. The highest BCUT2D eigenvalue weighted by Crippen LogP contribution is 2.28. The number of halogens is 1. The summed E-state index contributed by atoms with van der Waals surface area (Å²) in [5.74, 6) is 0. The first-order valence-electron chi connectivity index (χ1n) is 8.92. The number of tetrazole rings is 1. The SMILES string of the molecule is O=C(O)N(COCCOCCOCCO)C(Cn1ncnn1)c1ccccc1Cl. The number of benzene rings is 1. The quantitative estimate of drug-likeness (QED) is 0.334. The van der Waals surface area contributed by atoms with Crippen molar-refractivity contribution in [3.63, 3.8) is 0 Å². The van der Waals surface area contributed by atoms with Crippen LogP contribution in [0.1, 0.15) is 11.6 Å². The van der Waals surface area contributed by atoms with Crippen LogP contribution in [-0.2, 0) is 20.8 Å². The highest BCUT2D eigenvalue weighted by Gasteiger charge is 2.28. The first-order chi connectivity index (χ1) is 14.1. The number of ether oxygens (including phenoxy) is 3. The molecule has 0 aliphatic heterocycles. The van der Waals surface area contributed by atoms with Crippen LogP contribution in [0.15, 0.2) is 30.6 Å². The lowest BCUT2D eigenvalue weighted by Crippen LogP contribution is -2.38. The zero-order chi connectivity index (χ0) is 20.9. The van der Waals surface area contributed by atoms with Crippen LogP contribution in [0.3, 0.4) is 0 Å². The van der Waals surface area contributed by atoms with E-state index in [0.717, 1.165) is 4.90 Å². The molecular formula is C17H24ClN5O6. The fourth-order valence-electron chi connectivity index (χ4n) is 2.48. The highest BCUT2D eigenvalue weighted by molar-refractivity contribution is 6.31. The molecule has 0 fully saturated rings. The summed E-state index contributed by atoms with van der Waals surface area (Å²) in [5.41, 5.74) is 0.606. The number of nitrogens with zero attached hydrogens (tertiary/aromatic N) is 5. The Labute approximate surface area is 172 Å². The second-order valence-electron chi connectivity index (χ2n) is 5.77. The Morgan fingerprint density at radius 2 is 1.83 bits per heavy atom. The number of aliphatic hydroxyl groups is 1. The molecule has 2 rings (SSSR count). The molecule has 0 saturated heterocycles. The van der Waals surface area contributed by atoms with E-state index in [9.17, 15) is 9.90 Å². The Balaban J connectivity index is 1.93. The molecule has 0 bridgehead atoms. The van der Waals surface area contributed by atoms with E-state index in [1.165, 1.54) is 11.1 Å². The van der Waals surface area contributed by atoms with Gasteiger partial charge in [0, 0.05) is 5.02 Å². The summed E-state index contributed by atoms with van der Waals surface area (Å²) in [6.07, 6.45) is 0.0979. The smallest absolute Gasteiger partial charge is 0.409 e. The van der Waals surface area contributed by atoms with Crippen LogP contribution in [0, 0.1) is 0 Å². The lowest BCUT2D eigenvalue weighted by atomic mass is 10.1. The van der Waals surface area contributed by atoms with Gasteiger partial charge in [0.2, 0.25) is 0 Å². The standard InChI is InChI=1S/C17H24ClN5O6/c18-15-4-2-1-3-14(15)16(11-23-20-12-19-21-23)22(17(25)26)13-29-10-9-28-8-7-27-6-5-24/h1-4,12,16,24H,5-11,13H2,(H,25,26). The number of aromatic nitrogens is 4. The summed E-state index contributed by atoms with van der Waals surface area (Å²) in [5, 5.41) is 30.1. The molecule has 11 nitrogen and oxygen atoms in total. The van der Waals surface area contributed by atoms with Crippen LogP contribution in [0.5, 0.6) is 0 Å². The summed E-state index contributed by atoms with van der Waals surface area (Å²) in [6, 6.07) is 6.29. The number of carboxylic acid groups (broad SMARTS) is 1. The Hall–Kier alpha value is -2.31. The third kappa shape index (κ3) is 7.91. The first kappa shape index (κ1) is 23.0. The number of aliphatic hydroxyl groups excluding tert-OH is 1. The minimum atomic E-state index is -1.17. The Morgan fingerprint density at radius 1 is 1.14 bits per heavy atom. The predicted molar refractivity (Wildman–Crippen MR) is 101 cm³/mol. The first-order valence-corrected chi connectivity index (χ1v) is 9.30. The van der Waals surface area contributed by atoms with Crippen LogP contribution < -0.4 is 0 Å². The van der Waals surface area contributed by atoms with E-state index in [1.807, 2.05) is 0 Å². The Kier molecular flexibility index (Phi) is 10.3. The van der Waals surface area contributed by atoms with Crippen LogP contribution >= 0.6 is 11.6 Å². The highest BCUT2D eigenvalue weighted by atomic mass is 35.5. The fraction of sp³-hybridized carbons (Fsp3) is 0.529. The van der Waals surface area contributed by atoms with Gasteiger partial charge in [0.15, 0.2) is 6.33 Å². The predicted octanol–water partition coefficient (Wildman–Crippen LogP) is 1.05. The van der Waals surface area contributed by atoms with Crippen LogP contribution in [0.4, 0.5) is 4.79 Å². The summed E-state index contributed by atoms with van der Waals surface area (Å²) >= 11 is 6.29. The van der Waals surface area contributed by atoms with Crippen molar-refractivity contribution < 1.29 is 29.2 Å². The molecule has 0 aliphatic rings. The minimum absolute atomic E-state index is 0.0369. The van der Waals surface area contributed by atoms with Crippen molar-refractivity contribution >= 4 is 17.7 Å². The molecule has 1 aromatic heterocycles. The van der Waals surface area contributed by atoms with Gasteiger partial charge in [0.1, 0.15) is 6.73 Å². The third-order valence-corrected chi connectivity index (χ3v) is 4.17. The van der Waals surface area contributed by atoms with E-state index in [0.29, 0.717) is 23.8 Å². The number of carbonyl (C=O) groups is 1. The van der Waals surface area contributed by atoms with Gasteiger partial charge in [-0.3, -0.25) is 4.90 Å². The van der Waals surface area contributed by atoms with Crippen molar-refractivity contribution in [2.24, 2.45) is 0 Å². The normalized spacial score (nSPS) is 12.1. The molecule has 12 heteroatoms. The van der Waals surface area contributed by atoms with Gasteiger partial charge in [0.05, 0.1) is 52.2 Å². The minimum Gasteiger partial charge on any atom is -0.465 e. The summed E-state index contributed by atoms with van der Waals surface area (Å²) < 4.78 is 15.9. The average Bonchev–Trinajstić information content (AvgIpc) is 3.22. The molecule has 0 radical (unpaired) electrons. The van der Waals surface area contributed by atoms with Gasteiger partial charge in [-0.2, -0.15) is 4.80 Å². The van der Waals surface area contributed by atoms with Crippen molar-refractivity contribution in [1.29, 1.82) is 0 Å². The van der Waals surface area contributed by atoms with Gasteiger partial charge in [-0.1, -0.05) is 29.8 Å². The number of amides is 1. The van der Waals surface area contributed by atoms with E-state index in [4.69, 9.17) is 30.9 Å². The van der Waals surface area contributed by atoms with Gasteiger partial charge in [-0.25, -0.2) is 4.79 Å². The largest absolute Gasteiger partial charge is 0.465 e. The monoisotopic (exact) mass is 429 g/mol. The molecule has 1 unspecified atom stereocenters. The van der Waals surface area contributed by atoms with E-state index in [-0.39, 0.29) is 39.7 Å². The van der Waals surface area contributed by atoms with Crippen LogP contribution in [0.2, 0.25) is 5.02 Å². The molecule has 29 heavy (non-hydrogen) atoms. The summed E-state index contributed by atoms with van der Waals surface area (Å²) in [4.78, 5) is 14.3. The zero-order valence-electron chi connectivity index (χ0n) is 15.8. The number of hydrogen-bond acceptors (Lipinski definition) is 8. The molecule has 2 aromatic rings. The molecule has 0 saturated carbocycles. The van der Waals surface area contributed by atoms with E-state index < -0.39 is 12.1 Å². The molecule has 0 aliphatic carbocycles. The zero-order valence-corrected chi connectivity index (χ0v) is 16.5. The van der Waals surface area contributed by atoms with E-state index in [2.05, 4.69) is 15.4 Å².